The van der Waals surface area contributed by atoms with Gasteiger partial charge in [-0.25, -0.2) is 13.8 Å². The van der Waals surface area contributed by atoms with Crippen molar-refractivity contribution >= 4 is 34.1 Å². The monoisotopic (exact) mass is 321 g/mol. The lowest BCUT2D eigenvalue weighted by Crippen LogP contribution is -2.01. The number of nitrogens with one attached hydrogen (secondary N) is 1. The fourth-order valence-electron chi connectivity index (χ4n) is 1.98. The summed E-state index contributed by atoms with van der Waals surface area (Å²) in [4.78, 5) is 8.47. The molecule has 0 saturated heterocycles. The number of benzene rings is 2. The molecule has 0 amide bonds. The zero-order valence-corrected chi connectivity index (χ0v) is 12.2. The van der Waals surface area contributed by atoms with Crippen molar-refractivity contribution in [1.82, 2.24) is 9.97 Å². The number of hydrogen-bond donors (Lipinski definition) is 1. The molecule has 22 heavy (non-hydrogen) atoms. The second-order valence-electron chi connectivity index (χ2n) is 4.44. The van der Waals surface area contributed by atoms with Gasteiger partial charge < -0.3 is 10.1 Å². The largest absolute Gasteiger partial charge is 0.495 e. The molecule has 0 bridgehead atoms. The van der Waals surface area contributed by atoms with Crippen molar-refractivity contribution in [3.63, 3.8) is 0 Å². The topological polar surface area (TPSA) is 47.0 Å². The van der Waals surface area contributed by atoms with E-state index in [4.69, 9.17) is 16.3 Å². The van der Waals surface area contributed by atoms with Gasteiger partial charge in [-0.3, -0.25) is 4.98 Å². The van der Waals surface area contributed by atoms with Gasteiger partial charge in [-0.05, 0) is 12.1 Å². The molecule has 7 heteroatoms. The Kier molecular flexibility index (Phi) is 3.77. The first-order valence-corrected chi connectivity index (χ1v) is 6.68. The predicted octanol–water partition coefficient (Wildman–Crippen LogP) is 4.31. The lowest BCUT2D eigenvalue weighted by Gasteiger charge is -2.11. The molecule has 0 saturated carbocycles. The lowest BCUT2D eigenvalue weighted by molar-refractivity contribution is 0.407. The Balaban J connectivity index is 2.02. The van der Waals surface area contributed by atoms with Crippen LogP contribution in [0.3, 0.4) is 0 Å². The number of anilines is 2. The first-order chi connectivity index (χ1) is 10.6. The number of nitrogens with zero attached hydrogens (tertiary/aromatic N) is 2. The zero-order chi connectivity index (χ0) is 15.7. The Bertz CT molecular complexity index is 858. The van der Waals surface area contributed by atoms with Gasteiger partial charge in [-0.1, -0.05) is 23.7 Å². The van der Waals surface area contributed by atoms with Gasteiger partial charge in [0.25, 0.3) is 0 Å². The molecule has 1 aromatic heterocycles. The predicted molar refractivity (Wildman–Crippen MR) is 80.7 cm³/mol. The van der Waals surface area contributed by atoms with Gasteiger partial charge in [-0.2, -0.15) is 0 Å². The van der Waals surface area contributed by atoms with E-state index in [2.05, 4.69) is 15.3 Å². The molecular formula is C15H10ClF2N3O. The van der Waals surface area contributed by atoms with E-state index in [-0.39, 0.29) is 17.3 Å². The molecule has 0 aliphatic heterocycles. The smallest absolute Gasteiger partial charge is 0.184 e. The Morgan fingerprint density at radius 1 is 1.14 bits per heavy atom. The molecule has 0 aliphatic carbocycles. The maximum atomic E-state index is 14.0. The SMILES string of the molecule is COc1cc(Nc2cnc3ccccc3n2)c(F)c(F)c1Cl. The highest BCUT2D eigenvalue weighted by molar-refractivity contribution is 6.32. The zero-order valence-electron chi connectivity index (χ0n) is 11.4. The second-order valence-corrected chi connectivity index (χ2v) is 4.82. The van der Waals surface area contributed by atoms with E-state index in [1.54, 1.807) is 12.1 Å². The Hall–Kier alpha value is -2.47. The summed E-state index contributed by atoms with van der Waals surface area (Å²) in [6.45, 7) is 0. The maximum Gasteiger partial charge on any atom is 0.184 e. The van der Waals surface area contributed by atoms with Crippen LogP contribution in [-0.2, 0) is 0 Å². The van der Waals surface area contributed by atoms with Gasteiger partial charge in [0.15, 0.2) is 11.6 Å². The third kappa shape index (κ3) is 2.53. The van der Waals surface area contributed by atoms with Crippen molar-refractivity contribution < 1.29 is 13.5 Å². The van der Waals surface area contributed by atoms with Gasteiger partial charge in [0.2, 0.25) is 0 Å². The summed E-state index contributed by atoms with van der Waals surface area (Å²) in [5.74, 6) is -1.99. The molecule has 1 heterocycles. The first-order valence-electron chi connectivity index (χ1n) is 6.30. The Labute approximate surface area is 129 Å². The van der Waals surface area contributed by atoms with Crippen LogP contribution >= 0.6 is 11.6 Å². The third-order valence-corrected chi connectivity index (χ3v) is 3.40. The van der Waals surface area contributed by atoms with Crippen LogP contribution in [0.2, 0.25) is 5.02 Å². The molecule has 0 aliphatic rings. The molecule has 2 aromatic carbocycles. The summed E-state index contributed by atoms with van der Waals surface area (Å²) in [5.41, 5.74) is 1.20. The van der Waals surface area contributed by atoms with E-state index in [9.17, 15) is 8.78 Å². The lowest BCUT2D eigenvalue weighted by atomic mass is 10.2. The number of methoxy groups -OCH3 is 1. The molecule has 3 rings (SSSR count). The van der Waals surface area contributed by atoms with Crippen molar-refractivity contribution in [3.05, 3.63) is 53.2 Å². The van der Waals surface area contributed by atoms with E-state index in [1.165, 1.54) is 19.4 Å². The highest BCUT2D eigenvalue weighted by atomic mass is 35.5. The number of fused-ring (bicyclic) bond motifs is 1. The van der Waals surface area contributed by atoms with Gasteiger partial charge in [0, 0.05) is 6.07 Å². The first kappa shape index (κ1) is 14.5. The standard InChI is InChI=1S/C15H10ClF2N3O/c1-22-11-6-10(14(17)15(18)13(11)16)21-12-7-19-8-4-2-3-5-9(8)20-12/h2-7H,1H3,(H,20,21). The van der Waals surface area contributed by atoms with Crippen molar-refractivity contribution in [2.24, 2.45) is 0 Å². The number of aromatic nitrogens is 2. The van der Waals surface area contributed by atoms with Gasteiger partial charge >= 0.3 is 0 Å². The molecule has 0 atom stereocenters. The summed E-state index contributed by atoms with van der Waals surface area (Å²) < 4.78 is 32.6. The van der Waals surface area contributed by atoms with Crippen LogP contribution < -0.4 is 10.1 Å². The molecule has 0 unspecified atom stereocenters. The van der Waals surface area contributed by atoms with Crippen molar-refractivity contribution in [2.45, 2.75) is 0 Å². The second kappa shape index (κ2) is 5.73. The van der Waals surface area contributed by atoms with Crippen LogP contribution in [0.1, 0.15) is 0 Å². The average molecular weight is 322 g/mol. The van der Waals surface area contributed by atoms with Crippen LogP contribution in [0, 0.1) is 11.6 Å². The fourth-order valence-corrected chi connectivity index (χ4v) is 2.19. The molecule has 0 fully saturated rings. The van der Waals surface area contributed by atoms with Gasteiger partial charge in [0.1, 0.15) is 16.6 Å². The van der Waals surface area contributed by atoms with Gasteiger partial charge in [-0.15, -0.1) is 0 Å². The number of halogens is 3. The number of ether oxygens (including phenoxy) is 1. The quantitative estimate of drug-likeness (QED) is 0.730. The summed E-state index contributed by atoms with van der Waals surface area (Å²) in [5, 5.41) is 2.27. The van der Waals surface area contributed by atoms with Crippen LogP contribution in [0.25, 0.3) is 11.0 Å². The summed E-state index contributed by atoms with van der Waals surface area (Å²) in [6, 6.07) is 8.48. The fraction of sp³-hybridized carbons (Fsp3) is 0.0667. The van der Waals surface area contributed by atoms with E-state index in [0.29, 0.717) is 11.0 Å². The Morgan fingerprint density at radius 2 is 1.86 bits per heavy atom. The van der Waals surface area contributed by atoms with Crippen LogP contribution in [-0.4, -0.2) is 17.1 Å². The normalized spacial score (nSPS) is 10.7. The molecule has 0 radical (unpaired) electrons. The Morgan fingerprint density at radius 3 is 2.59 bits per heavy atom. The molecule has 0 spiro atoms. The summed E-state index contributed by atoms with van der Waals surface area (Å²) in [7, 11) is 1.32. The minimum atomic E-state index is -1.18. The minimum absolute atomic E-state index is 0.0248. The molecule has 4 nitrogen and oxygen atoms in total. The number of rotatable bonds is 3. The number of hydrogen-bond acceptors (Lipinski definition) is 4. The van der Waals surface area contributed by atoms with Crippen LogP contribution in [0.5, 0.6) is 5.75 Å². The van der Waals surface area contributed by atoms with Crippen molar-refractivity contribution in [1.29, 1.82) is 0 Å². The van der Waals surface area contributed by atoms with E-state index >= 15 is 0 Å². The molecule has 1 N–H and O–H groups in total. The van der Waals surface area contributed by atoms with E-state index in [0.717, 1.165) is 0 Å². The summed E-state index contributed by atoms with van der Waals surface area (Å²) in [6.07, 6.45) is 1.43. The van der Waals surface area contributed by atoms with Crippen molar-refractivity contribution in [2.75, 3.05) is 12.4 Å². The summed E-state index contributed by atoms with van der Waals surface area (Å²) >= 11 is 5.66. The van der Waals surface area contributed by atoms with E-state index in [1.807, 2.05) is 12.1 Å². The highest BCUT2D eigenvalue weighted by Crippen LogP contribution is 2.34. The molecular weight excluding hydrogens is 312 g/mol. The minimum Gasteiger partial charge on any atom is -0.495 e. The van der Waals surface area contributed by atoms with Crippen LogP contribution in [0.4, 0.5) is 20.3 Å². The van der Waals surface area contributed by atoms with Gasteiger partial charge in [0.05, 0.1) is 30.0 Å². The highest BCUT2D eigenvalue weighted by Gasteiger charge is 2.18. The molecule has 3 aromatic rings. The third-order valence-electron chi connectivity index (χ3n) is 3.04. The number of para-hydroxylation sites is 2. The van der Waals surface area contributed by atoms with Crippen LogP contribution in [0.15, 0.2) is 36.5 Å². The van der Waals surface area contributed by atoms with Crippen molar-refractivity contribution in [3.8, 4) is 5.75 Å². The maximum absolute atomic E-state index is 14.0. The van der Waals surface area contributed by atoms with E-state index < -0.39 is 16.7 Å². The molecule has 112 valence electrons. The average Bonchev–Trinajstić information content (AvgIpc) is 2.55.